The molecule has 0 saturated carbocycles. The number of hydrogen-bond donors (Lipinski definition) is 1. The zero-order valence-electron chi connectivity index (χ0n) is 11.2. The van der Waals surface area contributed by atoms with E-state index in [4.69, 9.17) is 11.6 Å². The minimum Gasteiger partial charge on any atom is -0.352 e. The topological polar surface area (TPSA) is 59.8 Å². The number of alkyl halides is 1. The normalized spacial score (nSPS) is 12.9. The highest BCUT2D eigenvalue weighted by Crippen LogP contribution is 2.23. The van der Waals surface area contributed by atoms with Crippen LogP contribution in [0.15, 0.2) is 18.3 Å². The number of aromatic nitrogens is 3. The predicted molar refractivity (Wildman–Crippen MR) is 75.1 cm³/mol. The van der Waals surface area contributed by atoms with Crippen LogP contribution in [0, 0.1) is 0 Å². The van der Waals surface area contributed by atoms with Gasteiger partial charge < -0.3 is 9.88 Å². The van der Waals surface area contributed by atoms with Gasteiger partial charge in [-0.15, -0.1) is 11.6 Å². The lowest BCUT2D eigenvalue weighted by Crippen LogP contribution is -2.33. The van der Waals surface area contributed by atoms with E-state index in [1.165, 1.54) is 0 Å². The lowest BCUT2D eigenvalue weighted by atomic mass is 10.3. The fourth-order valence-electron chi connectivity index (χ4n) is 1.95. The summed E-state index contributed by atoms with van der Waals surface area (Å²) in [5.41, 5.74) is 1.44. The van der Waals surface area contributed by atoms with Crippen molar-refractivity contribution in [1.82, 2.24) is 19.9 Å². The van der Waals surface area contributed by atoms with Gasteiger partial charge in [0.25, 0.3) is 0 Å². The van der Waals surface area contributed by atoms with Crippen LogP contribution in [0.5, 0.6) is 0 Å². The van der Waals surface area contributed by atoms with Gasteiger partial charge in [0, 0.05) is 12.2 Å². The maximum Gasteiger partial charge on any atom is 0.240 e. The van der Waals surface area contributed by atoms with Crippen molar-refractivity contribution in [2.45, 2.75) is 38.7 Å². The van der Waals surface area contributed by atoms with Crippen molar-refractivity contribution in [2.75, 3.05) is 0 Å². The number of carbonyl (C=O) groups is 1. The second-order valence-corrected chi connectivity index (χ2v) is 5.40. The Bertz CT molecular complexity index is 591. The Kier molecular flexibility index (Phi) is 4.04. The number of fused-ring (bicyclic) bond motifs is 1. The molecule has 0 spiro atoms. The van der Waals surface area contributed by atoms with Crippen LogP contribution in [-0.4, -0.2) is 26.5 Å². The van der Waals surface area contributed by atoms with Gasteiger partial charge in [-0.2, -0.15) is 0 Å². The van der Waals surface area contributed by atoms with Crippen molar-refractivity contribution < 1.29 is 4.79 Å². The van der Waals surface area contributed by atoms with E-state index >= 15 is 0 Å². The largest absolute Gasteiger partial charge is 0.352 e. The molecule has 2 aromatic heterocycles. The molecule has 6 heteroatoms. The summed E-state index contributed by atoms with van der Waals surface area (Å²) in [6.45, 7) is 5.86. The van der Waals surface area contributed by atoms with Gasteiger partial charge in [-0.05, 0) is 32.9 Å². The average Bonchev–Trinajstić information content (AvgIpc) is 2.67. The first-order valence-corrected chi connectivity index (χ1v) is 6.67. The number of amides is 1. The second kappa shape index (κ2) is 5.57. The lowest BCUT2D eigenvalue weighted by Gasteiger charge is -2.12. The second-order valence-electron chi connectivity index (χ2n) is 4.74. The summed E-state index contributed by atoms with van der Waals surface area (Å²) in [7, 11) is 0. The van der Waals surface area contributed by atoms with Crippen LogP contribution in [0.25, 0.3) is 11.2 Å². The molecular weight excluding hydrogens is 264 g/mol. The van der Waals surface area contributed by atoms with Gasteiger partial charge in [-0.1, -0.05) is 0 Å². The molecule has 0 aromatic carbocycles. The van der Waals surface area contributed by atoms with Crippen LogP contribution < -0.4 is 5.32 Å². The Labute approximate surface area is 117 Å². The molecule has 1 N–H and O–H groups in total. The van der Waals surface area contributed by atoms with E-state index < -0.39 is 0 Å². The molecule has 5 nitrogen and oxygen atoms in total. The Morgan fingerprint density at radius 3 is 2.84 bits per heavy atom. The molecule has 1 amide bonds. The number of nitrogens with zero attached hydrogens (tertiary/aromatic N) is 3. The minimum absolute atomic E-state index is 0.0708. The first kappa shape index (κ1) is 13.8. The first-order chi connectivity index (χ1) is 8.99. The van der Waals surface area contributed by atoms with E-state index in [-0.39, 0.29) is 23.9 Å². The number of imidazole rings is 1. The Morgan fingerprint density at radius 2 is 2.21 bits per heavy atom. The van der Waals surface area contributed by atoms with Crippen LogP contribution in [0.3, 0.4) is 0 Å². The highest BCUT2D eigenvalue weighted by molar-refractivity contribution is 6.20. The summed E-state index contributed by atoms with van der Waals surface area (Å²) >= 11 is 6.13. The molecule has 102 valence electrons. The molecule has 19 heavy (non-hydrogen) atoms. The molecule has 0 aliphatic carbocycles. The molecule has 0 aliphatic rings. The smallest absolute Gasteiger partial charge is 0.240 e. The summed E-state index contributed by atoms with van der Waals surface area (Å²) in [5.74, 6) is 0.591. The Hall–Kier alpha value is -1.62. The molecule has 0 radical (unpaired) electrons. The van der Waals surface area contributed by atoms with Gasteiger partial charge >= 0.3 is 0 Å². The average molecular weight is 281 g/mol. The van der Waals surface area contributed by atoms with E-state index in [2.05, 4.69) is 15.3 Å². The zero-order chi connectivity index (χ0) is 14.0. The molecule has 2 rings (SSSR count). The summed E-state index contributed by atoms with van der Waals surface area (Å²) in [6.07, 6.45) is 1.68. The summed E-state index contributed by atoms with van der Waals surface area (Å²) in [6, 6.07) is 3.78. The van der Waals surface area contributed by atoms with Gasteiger partial charge in [0.1, 0.15) is 17.9 Å². The van der Waals surface area contributed by atoms with Crippen LogP contribution in [-0.2, 0) is 11.3 Å². The number of carbonyl (C=O) groups excluding carboxylic acids is 1. The molecule has 2 aromatic rings. The molecule has 1 atom stereocenters. The summed E-state index contributed by atoms with van der Waals surface area (Å²) < 4.78 is 1.77. The van der Waals surface area contributed by atoms with Crippen LogP contribution in [0.2, 0.25) is 0 Å². The Morgan fingerprint density at radius 1 is 1.47 bits per heavy atom. The van der Waals surface area contributed by atoms with E-state index in [9.17, 15) is 4.79 Å². The highest BCUT2D eigenvalue weighted by Gasteiger charge is 2.17. The molecule has 2 heterocycles. The quantitative estimate of drug-likeness (QED) is 0.874. The third-order valence-electron chi connectivity index (χ3n) is 2.64. The third kappa shape index (κ3) is 3.04. The van der Waals surface area contributed by atoms with Gasteiger partial charge in [-0.3, -0.25) is 4.79 Å². The van der Waals surface area contributed by atoms with Gasteiger partial charge in [0.2, 0.25) is 5.91 Å². The summed E-state index contributed by atoms with van der Waals surface area (Å²) in [5, 5.41) is 2.58. The number of rotatable bonds is 4. The molecular formula is C13H17ClN4O. The maximum absolute atomic E-state index is 11.9. The minimum atomic E-state index is -0.277. The Balaban J connectivity index is 2.39. The standard InChI is InChI=1S/C13H17ClN4O/c1-8(2)16-11(19)7-18-12(9(3)14)17-10-5-4-6-15-13(10)18/h4-6,8-9H,7H2,1-3H3,(H,16,19). The number of pyridine rings is 1. The first-order valence-electron chi connectivity index (χ1n) is 6.23. The molecule has 1 unspecified atom stereocenters. The fourth-order valence-corrected chi connectivity index (χ4v) is 2.11. The lowest BCUT2D eigenvalue weighted by molar-refractivity contribution is -0.122. The van der Waals surface area contributed by atoms with Crippen molar-refractivity contribution in [3.05, 3.63) is 24.2 Å². The fraction of sp³-hybridized carbons (Fsp3) is 0.462. The third-order valence-corrected chi connectivity index (χ3v) is 2.84. The molecule has 0 bridgehead atoms. The zero-order valence-corrected chi connectivity index (χ0v) is 12.0. The monoisotopic (exact) mass is 280 g/mol. The maximum atomic E-state index is 11.9. The molecule has 0 saturated heterocycles. The summed E-state index contributed by atoms with van der Waals surface area (Å²) in [4.78, 5) is 20.6. The number of hydrogen-bond acceptors (Lipinski definition) is 3. The van der Waals surface area contributed by atoms with Crippen molar-refractivity contribution >= 4 is 28.7 Å². The van der Waals surface area contributed by atoms with Crippen molar-refractivity contribution in [2.24, 2.45) is 0 Å². The predicted octanol–water partition coefficient (Wildman–Crippen LogP) is 2.26. The van der Waals surface area contributed by atoms with Gasteiger partial charge in [0.05, 0.1) is 5.38 Å². The van der Waals surface area contributed by atoms with Crippen molar-refractivity contribution in [3.63, 3.8) is 0 Å². The van der Waals surface area contributed by atoms with Crippen LogP contribution >= 0.6 is 11.6 Å². The van der Waals surface area contributed by atoms with E-state index in [0.717, 1.165) is 5.52 Å². The molecule has 0 aliphatic heterocycles. The van der Waals surface area contributed by atoms with Gasteiger partial charge in [0.15, 0.2) is 5.65 Å². The number of halogens is 1. The van der Waals surface area contributed by atoms with Gasteiger partial charge in [-0.25, -0.2) is 9.97 Å². The van der Waals surface area contributed by atoms with Crippen LogP contribution in [0.1, 0.15) is 32.0 Å². The van der Waals surface area contributed by atoms with E-state index in [1.807, 2.05) is 32.9 Å². The van der Waals surface area contributed by atoms with Crippen molar-refractivity contribution in [3.8, 4) is 0 Å². The number of nitrogens with one attached hydrogen (secondary N) is 1. The SMILES string of the molecule is CC(C)NC(=O)Cn1c(C(C)Cl)nc2cccnc21. The molecule has 0 fully saturated rings. The van der Waals surface area contributed by atoms with E-state index in [0.29, 0.717) is 11.5 Å². The van der Waals surface area contributed by atoms with E-state index in [1.54, 1.807) is 10.8 Å². The van der Waals surface area contributed by atoms with Crippen molar-refractivity contribution in [1.29, 1.82) is 0 Å². The van der Waals surface area contributed by atoms with Crippen LogP contribution in [0.4, 0.5) is 0 Å². The highest BCUT2D eigenvalue weighted by atomic mass is 35.5.